The predicted molar refractivity (Wildman–Crippen MR) is 62.8 cm³/mol. The summed E-state index contributed by atoms with van der Waals surface area (Å²) < 4.78 is 13.2. The lowest BCUT2D eigenvalue weighted by Gasteiger charge is -2.17. The van der Waals surface area contributed by atoms with Crippen molar-refractivity contribution in [2.24, 2.45) is 0 Å². The Hall–Kier alpha value is -1.14. The van der Waals surface area contributed by atoms with Crippen molar-refractivity contribution < 1.29 is 14.3 Å². The lowest BCUT2D eigenvalue weighted by atomic mass is 10.3. The summed E-state index contributed by atoms with van der Waals surface area (Å²) in [4.78, 5) is 12.9. The van der Waals surface area contributed by atoms with Gasteiger partial charge in [0.1, 0.15) is 5.82 Å². The maximum absolute atomic E-state index is 12.8. The molecule has 0 saturated heterocycles. The molecule has 0 bridgehead atoms. The van der Waals surface area contributed by atoms with Crippen LogP contribution in [0.2, 0.25) is 0 Å². The number of rotatable bonds is 3. The fourth-order valence-corrected chi connectivity index (χ4v) is 1.50. The summed E-state index contributed by atoms with van der Waals surface area (Å²) in [6.07, 6.45) is 0. The Labute approximate surface area is 101 Å². The molecule has 2 amide bonds. The van der Waals surface area contributed by atoms with Crippen molar-refractivity contribution in [3.05, 3.63) is 28.5 Å². The van der Waals surface area contributed by atoms with Crippen LogP contribution in [0.15, 0.2) is 22.7 Å². The number of likely N-dealkylation sites (N-methyl/N-ethyl adjacent to an activating group) is 1. The third-order valence-corrected chi connectivity index (χ3v) is 2.61. The molecule has 0 saturated carbocycles. The van der Waals surface area contributed by atoms with Gasteiger partial charge < -0.3 is 15.3 Å². The molecule has 2 N–H and O–H groups in total. The van der Waals surface area contributed by atoms with E-state index in [4.69, 9.17) is 5.11 Å². The Morgan fingerprint density at radius 2 is 2.31 bits per heavy atom. The van der Waals surface area contributed by atoms with Crippen LogP contribution < -0.4 is 5.32 Å². The number of hydrogen-bond acceptors (Lipinski definition) is 2. The van der Waals surface area contributed by atoms with E-state index in [1.807, 2.05) is 0 Å². The van der Waals surface area contributed by atoms with Gasteiger partial charge in [0.05, 0.1) is 12.3 Å². The van der Waals surface area contributed by atoms with Crippen molar-refractivity contribution in [3.8, 4) is 0 Å². The standard InChI is InChI=1S/C10H12BrFN2O2/c1-14(4-5-15)10(16)13-9-3-2-7(12)6-8(9)11/h2-3,6,15H,4-5H2,1H3,(H,13,16). The zero-order valence-electron chi connectivity index (χ0n) is 8.70. The van der Waals surface area contributed by atoms with Crippen LogP contribution in [0.25, 0.3) is 0 Å². The second-order valence-corrected chi connectivity index (χ2v) is 4.05. The van der Waals surface area contributed by atoms with Crippen molar-refractivity contribution in [1.82, 2.24) is 4.90 Å². The van der Waals surface area contributed by atoms with E-state index < -0.39 is 0 Å². The van der Waals surface area contributed by atoms with E-state index in [0.29, 0.717) is 10.2 Å². The molecule has 88 valence electrons. The topological polar surface area (TPSA) is 52.6 Å². The third-order valence-electron chi connectivity index (χ3n) is 1.95. The highest BCUT2D eigenvalue weighted by atomic mass is 79.9. The molecule has 0 aliphatic rings. The largest absolute Gasteiger partial charge is 0.395 e. The first-order valence-electron chi connectivity index (χ1n) is 4.62. The molecule has 16 heavy (non-hydrogen) atoms. The van der Waals surface area contributed by atoms with Crippen molar-refractivity contribution in [2.45, 2.75) is 0 Å². The highest BCUT2D eigenvalue weighted by Gasteiger charge is 2.10. The van der Waals surface area contributed by atoms with E-state index in [9.17, 15) is 9.18 Å². The van der Waals surface area contributed by atoms with E-state index in [2.05, 4.69) is 21.2 Å². The van der Waals surface area contributed by atoms with Gasteiger partial charge in [0.15, 0.2) is 0 Å². The minimum Gasteiger partial charge on any atom is -0.395 e. The Balaban J connectivity index is 2.69. The van der Waals surface area contributed by atoms with Crippen LogP contribution >= 0.6 is 15.9 Å². The molecule has 0 spiro atoms. The molecule has 6 heteroatoms. The monoisotopic (exact) mass is 290 g/mol. The van der Waals surface area contributed by atoms with Gasteiger partial charge in [0, 0.05) is 18.1 Å². The third kappa shape index (κ3) is 3.46. The molecule has 0 aliphatic carbocycles. The van der Waals surface area contributed by atoms with Gasteiger partial charge in [-0.15, -0.1) is 0 Å². The van der Waals surface area contributed by atoms with Crippen molar-refractivity contribution in [1.29, 1.82) is 0 Å². The van der Waals surface area contributed by atoms with Crippen LogP contribution in [-0.4, -0.2) is 36.2 Å². The normalized spacial score (nSPS) is 10.0. The van der Waals surface area contributed by atoms with Crippen LogP contribution in [-0.2, 0) is 0 Å². The second kappa shape index (κ2) is 5.81. The molecule has 0 fully saturated rings. The Bertz CT molecular complexity index is 387. The second-order valence-electron chi connectivity index (χ2n) is 3.20. The molecule has 0 aliphatic heterocycles. The number of hydrogen-bond donors (Lipinski definition) is 2. The molecule has 1 aromatic rings. The molecule has 1 aromatic carbocycles. The smallest absolute Gasteiger partial charge is 0.321 e. The Kier molecular flexibility index (Phi) is 4.70. The Morgan fingerprint density at radius 3 is 2.88 bits per heavy atom. The van der Waals surface area contributed by atoms with E-state index in [-0.39, 0.29) is 25.0 Å². The maximum atomic E-state index is 12.8. The number of aliphatic hydroxyl groups excluding tert-OH is 1. The van der Waals surface area contributed by atoms with Crippen molar-refractivity contribution in [3.63, 3.8) is 0 Å². The quantitative estimate of drug-likeness (QED) is 0.895. The fourth-order valence-electron chi connectivity index (χ4n) is 1.05. The molecule has 0 atom stereocenters. The maximum Gasteiger partial charge on any atom is 0.321 e. The van der Waals surface area contributed by atoms with E-state index in [1.165, 1.54) is 23.1 Å². The zero-order chi connectivity index (χ0) is 12.1. The predicted octanol–water partition coefficient (Wildman–Crippen LogP) is 2.04. The fraction of sp³-hybridized carbons (Fsp3) is 0.300. The number of carbonyl (C=O) groups excluding carboxylic acids is 1. The van der Waals surface area contributed by atoms with Gasteiger partial charge in [-0.25, -0.2) is 9.18 Å². The first kappa shape index (κ1) is 12.9. The number of aliphatic hydroxyl groups is 1. The molecular weight excluding hydrogens is 279 g/mol. The van der Waals surface area contributed by atoms with Gasteiger partial charge in [0.25, 0.3) is 0 Å². The number of halogens is 2. The van der Waals surface area contributed by atoms with E-state index >= 15 is 0 Å². The zero-order valence-corrected chi connectivity index (χ0v) is 10.3. The van der Waals surface area contributed by atoms with E-state index in [0.717, 1.165) is 0 Å². The number of benzene rings is 1. The molecule has 0 radical (unpaired) electrons. The number of carbonyl (C=O) groups is 1. The van der Waals surface area contributed by atoms with Crippen LogP contribution in [0.4, 0.5) is 14.9 Å². The minimum absolute atomic E-state index is 0.103. The van der Waals surface area contributed by atoms with E-state index in [1.54, 1.807) is 7.05 Å². The minimum atomic E-state index is -0.381. The number of nitrogens with one attached hydrogen (secondary N) is 1. The summed E-state index contributed by atoms with van der Waals surface area (Å²) >= 11 is 3.14. The highest BCUT2D eigenvalue weighted by molar-refractivity contribution is 9.10. The molecule has 1 rings (SSSR count). The summed E-state index contributed by atoms with van der Waals surface area (Å²) in [6, 6.07) is 3.62. The summed E-state index contributed by atoms with van der Waals surface area (Å²) in [5.74, 6) is -0.381. The molecular formula is C10H12BrFN2O2. The molecule has 0 unspecified atom stereocenters. The van der Waals surface area contributed by atoms with Crippen LogP contribution in [0.3, 0.4) is 0 Å². The average molecular weight is 291 g/mol. The molecule has 4 nitrogen and oxygen atoms in total. The van der Waals surface area contributed by atoms with Gasteiger partial charge in [-0.1, -0.05) is 0 Å². The number of nitrogens with zero attached hydrogens (tertiary/aromatic N) is 1. The average Bonchev–Trinajstić information content (AvgIpc) is 2.22. The van der Waals surface area contributed by atoms with Crippen LogP contribution in [0.1, 0.15) is 0 Å². The van der Waals surface area contributed by atoms with Gasteiger partial charge in [-0.3, -0.25) is 0 Å². The first-order valence-corrected chi connectivity index (χ1v) is 5.42. The molecule has 0 heterocycles. The lowest BCUT2D eigenvalue weighted by molar-refractivity contribution is 0.202. The van der Waals surface area contributed by atoms with Crippen molar-refractivity contribution >= 4 is 27.6 Å². The Morgan fingerprint density at radius 1 is 1.62 bits per heavy atom. The summed E-state index contributed by atoms with van der Waals surface area (Å²) in [6.45, 7) is 0.138. The lowest BCUT2D eigenvalue weighted by Crippen LogP contribution is -2.33. The summed E-state index contributed by atoms with van der Waals surface area (Å²) in [5, 5.41) is 11.2. The SMILES string of the molecule is CN(CCO)C(=O)Nc1ccc(F)cc1Br. The highest BCUT2D eigenvalue weighted by Crippen LogP contribution is 2.23. The van der Waals surface area contributed by atoms with Crippen LogP contribution in [0, 0.1) is 5.82 Å². The van der Waals surface area contributed by atoms with Gasteiger partial charge in [-0.05, 0) is 34.1 Å². The van der Waals surface area contributed by atoms with Gasteiger partial charge >= 0.3 is 6.03 Å². The number of urea groups is 1. The first-order chi connectivity index (χ1) is 7.54. The van der Waals surface area contributed by atoms with Gasteiger partial charge in [-0.2, -0.15) is 0 Å². The summed E-state index contributed by atoms with van der Waals surface area (Å²) in [5.41, 5.74) is 0.483. The number of amides is 2. The van der Waals surface area contributed by atoms with Crippen molar-refractivity contribution in [2.75, 3.05) is 25.5 Å². The summed E-state index contributed by atoms with van der Waals surface area (Å²) in [7, 11) is 1.56. The number of anilines is 1. The van der Waals surface area contributed by atoms with Crippen LogP contribution in [0.5, 0.6) is 0 Å². The van der Waals surface area contributed by atoms with Gasteiger partial charge in [0.2, 0.25) is 0 Å². The molecule has 0 aromatic heterocycles.